The first-order valence-corrected chi connectivity index (χ1v) is 7.98. The summed E-state index contributed by atoms with van der Waals surface area (Å²) in [6.45, 7) is 5.24. The molecule has 5 heteroatoms. The number of benzene rings is 1. The van der Waals surface area contributed by atoms with E-state index >= 15 is 0 Å². The van der Waals surface area contributed by atoms with Crippen LogP contribution in [0.4, 0.5) is 0 Å². The standard InChI is InChI=1S/C17H24N2O3/c1-17(14-6-4-8-18-9-14)12-19(16(21)11-22-17)10-13-5-2-3-7-15(13)20/h2-3,5,7,14,18,20H,4,6,8-12H2,1H3. The van der Waals surface area contributed by atoms with Crippen LogP contribution >= 0.6 is 0 Å². The third kappa shape index (κ3) is 3.10. The number of hydrogen-bond donors (Lipinski definition) is 2. The van der Waals surface area contributed by atoms with Gasteiger partial charge >= 0.3 is 0 Å². The number of nitrogens with zero attached hydrogens (tertiary/aromatic N) is 1. The van der Waals surface area contributed by atoms with Gasteiger partial charge in [0.15, 0.2) is 0 Å². The molecule has 2 N–H and O–H groups in total. The molecular weight excluding hydrogens is 280 g/mol. The molecule has 1 aromatic rings. The van der Waals surface area contributed by atoms with Gasteiger partial charge in [-0.1, -0.05) is 18.2 Å². The topological polar surface area (TPSA) is 61.8 Å². The van der Waals surface area contributed by atoms with Crippen LogP contribution in [0.25, 0.3) is 0 Å². The lowest BCUT2D eigenvalue weighted by Gasteiger charge is -2.46. The van der Waals surface area contributed by atoms with Crippen molar-refractivity contribution in [2.75, 3.05) is 26.2 Å². The van der Waals surface area contributed by atoms with E-state index in [1.165, 1.54) is 0 Å². The Hall–Kier alpha value is -1.59. The number of ether oxygens (including phenoxy) is 1. The van der Waals surface area contributed by atoms with Crippen molar-refractivity contribution in [1.82, 2.24) is 10.2 Å². The molecule has 0 saturated carbocycles. The molecule has 2 unspecified atom stereocenters. The number of morpholine rings is 1. The van der Waals surface area contributed by atoms with E-state index in [1.807, 2.05) is 17.0 Å². The van der Waals surface area contributed by atoms with Crippen LogP contribution in [0.1, 0.15) is 25.3 Å². The molecule has 3 rings (SSSR count). The quantitative estimate of drug-likeness (QED) is 0.888. The van der Waals surface area contributed by atoms with Gasteiger partial charge < -0.3 is 20.1 Å². The Balaban J connectivity index is 1.73. The summed E-state index contributed by atoms with van der Waals surface area (Å²) >= 11 is 0. The minimum atomic E-state index is -0.314. The van der Waals surface area contributed by atoms with Gasteiger partial charge in [0, 0.05) is 24.6 Å². The maximum atomic E-state index is 12.2. The third-order valence-corrected chi connectivity index (χ3v) is 4.90. The fraction of sp³-hybridized carbons (Fsp3) is 0.588. The monoisotopic (exact) mass is 304 g/mol. The van der Waals surface area contributed by atoms with E-state index in [9.17, 15) is 9.90 Å². The largest absolute Gasteiger partial charge is 0.508 e. The number of aromatic hydroxyl groups is 1. The zero-order chi connectivity index (χ0) is 15.6. The number of hydrogen-bond acceptors (Lipinski definition) is 4. The molecule has 2 aliphatic rings. The predicted octanol–water partition coefficient (Wildman–Crippen LogP) is 1.51. The van der Waals surface area contributed by atoms with E-state index in [-0.39, 0.29) is 23.9 Å². The Kier molecular flexibility index (Phi) is 4.36. The first kappa shape index (κ1) is 15.3. The van der Waals surface area contributed by atoms with Crippen molar-refractivity contribution in [3.63, 3.8) is 0 Å². The molecule has 5 nitrogen and oxygen atoms in total. The molecule has 120 valence electrons. The number of para-hydroxylation sites is 1. The highest BCUT2D eigenvalue weighted by Crippen LogP contribution is 2.32. The molecule has 2 heterocycles. The molecule has 2 aliphatic heterocycles. The minimum Gasteiger partial charge on any atom is -0.508 e. The summed E-state index contributed by atoms with van der Waals surface area (Å²) < 4.78 is 5.92. The molecule has 0 spiro atoms. The van der Waals surface area contributed by atoms with Gasteiger partial charge in [0.25, 0.3) is 0 Å². The van der Waals surface area contributed by atoms with Crippen LogP contribution < -0.4 is 5.32 Å². The Bertz CT molecular complexity index is 542. The highest BCUT2D eigenvalue weighted by Gasteiger charge is 2.42. The molecule has 0 bridgehead atoms. The third-order valence-electron chi connectivity index (χ3n) is 4.90. The molecule has 0 aliphatic carbocycles. The highest BCUT2D eigenvalue weighted by molar-refractivity contribution is 5.78. The number of rotatable bonds is 3. The van der Waals surface area contributed by atoms with Crippen molar-refractivity contribution in [2.45, 2.75) is 31.9 Å². The van der Waals surface area contributed by atoms with E-state index < -0.39 is 0 Å². The van der Waals surface area contributed by atoms with Crippen LogP contribution in [0, 0.1) is 5.92 Å². The van der Waals surface area contributed by atoms with Crippen molar-refractivity contribution in [3.8, 4) is 5.75 Å². The van der Waals surface area contributed by atoms with Gasteiger partial charge in [-0.05, 0) is 32.4 Å². The lowest BCUT2D eigenvalue weighted by molar-refractivity contribution is -0.172. The summed E-state index contributed by atoms with van der Waals surface area (Å²) in [5.41, 5.74) is 0.466. The van der Waals surface area contributed by atoms with Crippen LogP contribution in [-0.4, -0.2) is 47.8 Å². The number of carbonyl (C=O) groups is 1. The fourth-order valence-electron chi connectivity index (χ4n) is 3.44. The summed E-state index contributed by atoms with van der Waals surface area (Å²) in [7, 11) is 0. The first-order valence-electron chi connectivity index (χ1n) is 7.98. The highest BCUT2D eigenvalue weighted by atomic mass is 16.5. The van der Waals surface area contributed by atoms with Crippen molar-refractivity contribution in [1.29, 1.82) is 0 Å². The summed E-state index contributed by atoms with van der Waals surface area (Å²) in [6.07, 6.45) is 2.28. The summed E-state index contributed by atoms with van der Waals surface area (Å²) in [4.78, 5) is 14.0. The van der Waals surface area contributed by atoms with Gasteiger partial charge in [-0.25, -0.2) is 0 Å². The van der Waals surface area contributed by atoms with E-state index in [4.69, 9.17) is 4.74 Å². The SMILES string of the molecule is CC1(C2CCCNC2)CN(Cc2ccccc2O)C(=O)CO1. The predicted molar refractivity (Wildman–Crippen MR) is 83.5 cm³/mol. The number of amides is 1. The van der Waals surface area contributed by atoms with Crippen LogP contribution in [0.15, 0.2) is 24.3 Å². The van der Waals surface area contributed by atoms with E-state index in [2.05, 4.69) is 12.2 Å². The average molecular weight is 304 g/mol. The van der Waals surface area contributed by atoms with Crippen molar-refractivity contribution >= 4 is 5.91 Å². The van der Waals surface area contributed by atoms with Crippen LogP contribution in [0.5, 0.6) is 5.75 Å². The van der Waals surface area contributed by atoms with Crippen LogP contribution in [0.2, 0.25) is 0 Å². The zero-order valence-electron chi connectivity index (χ0n) is 13.0. The molecule has 0 aromatic heterocycles. The second-order valence-electron chi connectivity index (χ2n) is 6.52. The number of phenols is 1. The number of carbonyl (C=O) groups excluding carboxylic acids is 1. The molecule has 2 fully saturated rings. The van der Waals surface area contributed by atoms with Gasteiger partial charge in [0.2, 0.25) is 5.91 Å². The van der Waals surface area contributed by atoms with Crippen molar-refractivity contribution < 1.29 is 14.6 Å². The Labute approximate surface area is 131 Å². The van der Waals surface area contributed by atoms with Crippen LogP contribution in [0.3, 0.4) is 0 Å². The molecule has 1 aromatic carbocycles. The van der Waals surface area contributed by atoms with E-state index in [1.54, 1.807) is 12.1 Å². The lowest BCUT2D eigenvalue weighted by atomic mass is 9.82. The lowest BCUT2D eigenvalue weighted by Crippen LogP contribution is -2.58. The average Bonchev–Trinajstić information content (AvgIpc) is 2.54. The first-order chi connectivity index (χ1) is 10.6. The minimum absolute atomic E-state index is 0.00973. The van der Waals surface area contributed by atoms with Gasteiger partial charge in [-0.2, -0.15) is 0 Å². The molecule has 2 saturated heterocycles. The maximum absolute atomic E-state index is 12.2. The molecule has 2 atom stereocenters. The van der Waals surface area contributed by atoms with E-state index in [0.717, 1.165) is 31.5 Å². The van der Waals surface area contributed by atoms with E-state index in [0.29, 0.717) is 19.0 Å². The molecule has 1 amide bonds. The van der Waals surface area contributed by atoms with Gasteiger partial charge in [-0.3, -0.25) is 4.79 Å². The number of phenolic OH excluding ortho intramolecular Hbond substituents is 1. The Morgan fingerprint density at radius 2 is 2.27 bits per heavy atom. The summed E-state index contributed by atoms with van der Waals surface area (Å²) in [5, 5.41) is 13.3. The summed E-state index contributed by atoms with van der Waals surface area (Å²) in [5.74, 6) is 0.647. The Morgan fingerprint density at radius 3 is 3.00 bits per heavy atom. The van der Waals surface area contributed by atoms with Gasteiger partial charge in [0.1, 0.15) is 12.4 Å². The normalized spacial score (nSPS) is 29.6. The fourth-order valence-corrected chi connectivity index (χ4v) is 3.44. The van der Waals surface area contributed by atoms with Crippen molar-refractivity contribution in [2.24, 2.45) is 5.92 Å². The molecule has 0 radical (unpaired) electrons. The van der Waals surface area contributed by atoms with Crippen LogP contribution in [-0.2, 0) is 16.1 Å². The maximum Gasteiger partial charge on any atom is 0.249 e. The second kappa shape index (κ2) is 6.26. The van der Waals surface area contributed by atoms with Crippen molar-refractivity contribution in [3.05, 3.63) is 29.8 Å². The van der Waals surface area contributed by atoms with Gasteiger partial charge in [-0.15, -0.1) is 0 Å². The Morgan fingerprint density at radius 1 is 1.45 bits per heavy atom. The number of piperidine rings is 1. The molecular formula is C17H24N2O3. The summed E-state index contributed by atoms with van der Waals surface area (Å²) in [6, 6.07) is 7.18. The zero-order valence-corrected chi connectivity index (χ0v) is 13.0. The van der Waals surface area contributed by atoms with Gasteiger partial charge in [0.05, 0.1) is 12.1 Å². The second-order valence-corrected chi connectivity index (χ2v) is 6.52. The number of nitrogens with one attached hydrogen (secondary N) is 1. The smallest absolute Gasteiger partial charge is 0.249 e. The molecule has 22 heavy (non-hydrogen) atoms.